The van der Waals surface area contributed by atoms with E-state index in [1.165, 1.54) is 19.3 Å². The summed E-state index contributed by atoms with van der Waals surface area (Å²) in [5.41, 5.74) is 1.57. The number of rotatable bonds is 5. The predicted molar refractivity (Wildman–Crippen MR) is 108 cm³/mol. The largest absolute Gasteiger partial charge is 0.459 e. The molecule has 1 aliphatic carbocycles. The van der Waals surface area contributed by atoms with Crippen molar-refractivity contribution in [1.82, 2.24) is 9.88 Å². The van der Waals surface area contributed by atoms with Crippen LogP contribution in [0.25, 0.3) is 0 Å². The number of likely N-dealkylation sites (tertiary alicyclic amines) is 1. The lowest BCUT2D eigenvalue weighted by atomic mass is 9.78. The van der Waals surface area contributed by atoms with Gasteiger partial charge < -0.3 is 19.4 Å². The Hall–Kier alpha value is -2.31. The lowest BCUT2D eigenvalue weighted by Crippen LogP contribution is -2.50. The zero-order valence-electron chi connectivity index (χ0n) is 17.9. The molecule has 29 heavy (non-hydrogen) atoms. The predicted octanol–water partition coefficient (Wildman–Crippen LogP) is 3.53. The molecule has 2 atom stereocenters. The topological polar surface area (TPSA) is 88.7 Å². The summed E-state index contributed by atoms with van der Waals surface area (Å²) in [6.07, 6.45) is 6.57. The first-order valence-electron chi connectivity index (χ1n) is 10.7. The van der Waals surface area contributed by atoms with Gasteiger partial charge in [0.25, 0.3) is 5.91 Å². The van der Waals surface area contributed by atoms with E-state index in [-0.39, 0.29) is 30.4 Å². The summed E-state index contributed by atoms with van der Waals surface area (Å²) in [7, 11) is 0. The molecule has 3 rings (SSSR count). The van der Waals surface area contributed by atoms with Gasteiger partial charge in [-0.25, -0.2) is 9.59 Å². The molecule has 0 spiro atoms. The lowest BCUT2D eigenvalue weighted by molar-refractivity contribution is -0.140. The van der Waals surface area contributed by atoms with Gasteiger partial charge in [0, 0.05) is 18.3 Å². The number of hydrogen-bond donors (Lipinski definition) is 1. The van der Waals surface area contributed by atoms with Crippen LogP contribution in [0.2, 0.25) is 0 Å². The molecule has 1 aromatic rings. The summed E-state index contributed by atoms with van der Waals surface area (Å²) in [4.78, 5) is 42.4. The quantitative estimate of drug-likeness (QED) is 0.759. The lowest BCUT2D eigenvalue weighted by Gasteiger charge is -2.44. The molecule has 1 amide bonds. The average molecular weight is 405 g/mol. The van der Waals surface area contributed by atoms with Crippen molar-refractivity contribution in [3.63, 3.8) is 0 Å². The number of nitrogens with zero attached hydrogens (tertiary/aromatic N) is 1. The molecule has 7 heteroatoms. The second-order valence-electron chi connectivity index (χ2n) is 8.50. The van der Waals surface area contributed by atoms with Crippen LogP contribution in [0.15, 0.2) is 0 Å². The molecule has 1 aromatic heterocycles. The fourth-order valence-corrected chi connectivity index (χ4v) is 4.75. The minimum Gasteiger partial charge on any atom is -0.459 e. The molecule has 160 valence electrons. The molecule has 1 aliphatic heterocycles. The number of aromatic nitrogens is 1. The monoisotopic (exact) mass is 404 g/mol. The molecular formula is C22H32N2O5. The molecule has 1 saturated carbocycles. The third-order valence-electron chi connectivity index (χ3n) is 6.08. The number of aryl methyl sites for hydroxylation is 1. The van der Waals surface area contributed by atoms with Crippen LogP contribution in [0.3, 0.4) is 0 Å². The van der Waals surface area contributed by atoms with Gasteiger partial charge in [-0.05, 0) is 64.9 Å². The molecule has 2 heterocycles. The Labute approximate surface area is 172 Å². The van der Waals surface area contributed by atoms with E-state index in [0.29, 0.717) is 22.7 Å². The highest BCUT2D eigenvalue weighted by Crippen LogP contribution is 2.35. The molecule has 7 nitrogen and oxygen atoms in total. The van der Waals surface area contributed by atoms with Gasteiger partial charge in [-0.2, -0.15) is 0 Å². The number of amides is 1. The van der Waals surface area contributed by atoms with Crippen molar-refractivity contribution in [1.29, 1.82) is 0 Å². The number of H-pyrrole nitrogens is 1. The smallest absolute Gasteiger partial charge is 0.355 e. The molecule has 1 N–H and O–H groups in total. The Balaban J connectivity index is 1.63. The van der Waals surface area contributed by atoms with Crippen LogP contribution in [0.4, 0.5) is 0 Å². The van der Waals surface area contributed by atoms with E-state index in [1.807, 2.05) is 4.90 Å². The second-order valence-corrected chi connectivity index (χ2v) is 8.50. The number of nitrogens with one attached hydrogen (secondary N) is 1. The van der Waals surface area contributed by atoms with Crippen LogP contribution >= 0.6 is 0 Å². The molecular weight excluding hydrogens is 372 g/mol. The highest BCUT2D eigenvalue weighted by atomic mass is 16.5. The van der Waals surface area contributed by atoms with Crippen LogP contribution in [0.5, 0.6) is 0 Å². The number of fused-ring (bicyclic) bond motifs is 1. The minimum absolute atomic E-state index is 0.129. The maximum Gasteiger partial charge on any atom is 0.355 e. The number of aromatic amines is 1. The standard InChI is InChI=1S/C22H32N2O5/c1-13(2)29-21(26)19-14(3)20(23-15(19)4)22(27)28-12-18(25)24-11-7-9-16-8-5-6-10-17(16)24/h13,16-17,23H,5-12H2,1-4H3/t16-,17-/m0/s1. The number of carbonyl (C=O) groups excluding carboxylic acids is 3. The maximum atomic E-state index is 12.7. The second kappa shape index (κ2) is 9.01. The maximum absolute atomic E-state index is 12.7. The normalized spacial score (nSPS) is 21.6. The zero-order valence-corrected chi connectivity index (χ0v) is 17.9. The summed E-state index contributed by atoms with van der Waals surface area (Å²) in [5, 5.41) is 0. The SMILES string of the molecule is Cc1[nH]c(C(=O)OCC(=O)N2CCC[C@@H]3CCCC[C@@H]32)c(C)c1C(=O)OC(C)C. The fourth-order valence-electron chi connectivity index (χ4n) is 4.75. The van der Waals surface area contributed by atoms with Crippen molar-refractivity contribution >= 4 is 17.8 Å². The summed E-state index contributed by atoms with van der Waals surface area (Å²) in [5.74, 6) is -0.645. The Morgan fingerprint density at radius 3 is 2.48 bits per heavy atom. The summed E-state index contributed by atoms with van der Waals surface area (Å²) >= 11 is 0. The van der Waals surface area contributed by atoms with Crippen LogP contribution < -0.4 is 0 Å². The van der Waals surface area contributed by atoms with Crippen LogP contribution in [-0.2, 0) is 14.3 Å². The van der Waals surface area contributed by atoms with Gasteiger partial charge in [0.1, 0.15) is 5.69 Å². The van der Waals surface area contributed by atoms with Crippen molar-refractivity contribution in [2.45, 2.75) is 78.4 Å². The van der Waals surface area contributed by atoms with E-state index in [9.17, 15) is 14.4 Å². The van der Waals surface area contributed by atoms with Gasteiger partial charge in [-0.1, -0.05) is 12.8 Å². The van der Waals surface area contributed by atoms with E-state index >= 15 is 0 Å². The van der Waals surface area contributed by atoms with Gasteiger partial charge >= 0.3 is 11.9 Å². The Morgan fingerprint density at radius 1 is 1.07 bits per heavy atom. The van der Waals surface area contributed by atoms with Crippen molar-refractivity contribution in [2.75, 3.05) is 13.2 Å². The number of ether oxygens (including phenoxy) is 2. The number of esters is 2. The van der Waals surface area contributed by atoms with Crippen LogP contribution in [-0.4, -0.2) is 53.0 Å². The van der Waals surface area contributed by atoms with E-state index < -0.39 is 11.9 Å². The molecule has 0 radical (unpaired) electrons. The van der Waals surface area contributed by atoms with Crippen molar-refractivity contribution in [3.05, 3.63) is 22.5 Å². The minimum atomic E-state index is -0.625. The van der Waals surface area contributed by atoms with E-state index in [2.05, 4.69) is 4.98 Å². The zero-order chi connectivity index (χ0) is 21.1. The Morgan fingerprint density at radius 2 is 1.76 bits per heavy atom. The van der Waals surface area contributed by atoms with Gasteiger partial charge in [-0.3, -0.25) is 4.79 Å². The van der Waals surface area contributed by atoms with Crippen molar-refractivity contribution in [2.24, 2.45) is 5.92 Å². The van der Waals surface area contributed by atoms with Crippen LogP contribution in [0, 0.1) is 19.8 Å². The van der Waals surface area contributed by atoms with Crippen LogP contribution in [0.1, 0.15) is 84.5 Å². The molecule has 2 fully saturated rings. The molecule has 0 unspecified atom stereocenters. The van der Waals surface area contributed by atoms with Gasteiger partial charge in [0.05, 0.1) is 11.7 Å². The van der Waals surface area contributed by atoms with E-state index in [0.717, 1.165) is 25.8 Å². The fraction of sp³-hybridized carbons (Fsp3) is 0.682. The first-order chi connectivity index (χ1) is 13.8. The highest BCUT2D eigenvalue weighted by Gasteiger charge is 2.36. The van der Waals surface area contributed by atoms with Gasteiger partial charge in [0.15, 0.2) is 6.61 Å². The van der Waals surface area contributed by atoms with Gasteiger partial charge in [-0.15, -0.1) is 0 Å². The van der Waals surface area contributed by atoms with Crippen molar-refractivity contribution < 1.29 is 23.9 Å². The first-order valence-corrected chi connectivity index (χ1v) is 10.7. The molecule has 0 bridgehead atoms. The van der Waals surface area contributed by atoms with E-state index in [4.69, 9.17) is 9.47 Å². The molecule has 1 saturated heterocycles. The van der Waals surface area contributed by atoms with Gasteiger partial charge in [0.2, 0.25) is 0 Å². The number of hydrogen-bond acceptors (Lipinski definition) is 5. The van der Waals surface area contributed by atoms with Crippen molar-refractivity contribution in [3.8, 4) is 0 Å². The number of carbonyl (C=O) groups is 3. The Kier molecular flexibility index (Phi) is 6.65. The Bertz CT molecular complexity index is 780. The third-order valence-corrected chi connectivity index (χ3v) is 6.08. The van der Waals surface area contributed by atoms with E-state index in [1.54, 1.807) is 27.7 Å². The number of piperidine rings is 1. The summed E-state index contributed by atoms with van der Waals surface area (Å²) in [6.45, 7) is 7.40. The summed E-state index contributed by atoms with van der Waals surface area (Å²) in [6, 6.07) is 0.288. The molecule has 0 aromatic carbocycles. The summed E-state index contributed by atoms with van der Waals surface area (Å²) < 4.78 is 10.6. The molecule has 2 aliphatic rings. The third kappa shape index (κ3) is 4.65. The first kappa shape index (κ1) is 21.4. The average Bonchev–Trinajstić information content (AvgIpc) is 2.99. The highest BCUT2D eigenvalue weighted by molar-refractivity contribution is 5.99.